The lowest BCUT2D eigenvalue weighted by Crippen LogP contribution is -2.12. The molecule has 0 heterocycles. The van der Waals surface area contributed by atoms with Crippen LogP contribution in [-0.4, -0.2) is 13.0 Å². The summed E-state index contributed by atoms with van der Waals surface area (Å²) in [6.45, 7) is 10.2. The van der Waals surface area contributed by atoms with Gasteiger partial charge >= 0.3 is 0 Å². The molecule has 0 atom stereocenters. The van der Waals surface area contributed by atoms with E-state index in [4.69, 9.17) is 0 Å². The van der Waals surface area contributed by atoms with E-state index in [1.165, 1.54) is 0 Å². The molecule has 0 amide bonds. The molecule has 2 aromatic rings. The lowest BCUT2D eigenvalue weighted by Gasteiger charge is -2.22. The molecule has 0 aromatic heterocycles. The van der Waals surface area contributed by atoms with Gasteiger partial charge in [-0.25, -0.2) is 0 Å². The maximum atomic E-state index is 12.1. The van der Waals surface area contributed by atoms with Gasteiger partial charge in [0.1, 0.15) is 4.90 Å². The van der Waals surface area contributed by atoms with Crippen LogP contribution in [0.1, 0.15) is 44.4 Å². The van der Waals surface area contributed by atoms with Crippen LogP contribution >= 0.6 is 0 Å². The topological polar surface area (TPSA) is 54.4 Å². The number of aryl methyl sites for hydroxylation is 1. The van der Waals surface area contributed by atoms with E-state index in [1.807, 2.05) is 36.4 Å². The summed E-state index contributed by atoms with van der Waals surface area (Å²) in [6, 6.07) is 11.8. The molecule has 0 saturated carbocycles. The molecule has 2 aromatic carbocycles. The van der Waals surface area contributed by atoms with E-state index in [1.54, 1.807) is 6.92 Å². The van der Waals surface area contributed by atoms with E-state index in [-0.39, 0.29) is 10.8 Å². The smallest absolute Gasteiger partial charge is 0.282 e. The van der Waals surface area contributed by atoms with Gasteiger partial charge in [0.25, 0.3) is 10.1 Å². The maximum Gasteiger partial charge on any atom is 0.295 e. The standard InChI is InChI=1S/C21H28O3S/c1-14(2)11-18-13-16(5)21(25(22,23)24)19(12-15(3)4)20(18)17-9-7-6-8-10-17/h6-10,13-15H,11-12H2,1-5H3,(H,22,23,24). The van der Waals surface area contributed by atoms with Crippen molar-refractivity contribution in [2.75, 3.05) is 0 Å². The van der Waals surface area contributed by atoms with Gasteiger partial charge in [0.05, 0.1) is 0 Å². The molecule has 2 rings (SSSR count). The van der Waals surface area contributed by atoms with Gasteiger partial charge in [-0.15, -0.1) is 0 Å². The summed E-state index contributed by atoms with van der Waals surface area (Å²) in [4.78, 5) is 0.0764. The largest absolute Gasteiger partial charge is 0.295 e. The van der Waals surface area contributed by atoms with Crippen molar-refractivity contribution >= 4 is 10.1 Å². The Bertz CT molecular complexity index is 835. The molecule has 1 N–H and O–H groups in total. The highest BCUT2D eigenvalue weighted by atomic mass is 32.2. The second kappa shape index (κ2) is 7.71. The Kier molecular flexibility index (Phi) is 6.07. The van der Waals surface area contributed by atoms with Crippen molar-refractivity contribution in [3.05, 3.63) is 53.1 Å². The van der Waals surface area contributed by atoms with E-state index in [0.29, 0.717) is 17.9 Å². The Hall–Kier alpha value is -1.65. The number of hydrogen-bond donors (Lipinski definition) is 1. The van der Waals surface area contributed by atoms with Crippen molar-refractivity contribution in [1.29, 1.82) is 0 Å². The van der Waals surface area contributed by atoms with Gasteiger partial charge in [-0.05, 0) is 59.4 Å². The van der Waals surface area contributed by atoms with Gasteiger partial charge in [0, 0.05) is 0 Å². The normalized spacial score (nSPS) is 12.2. The SMILES string of the molecule is Cc1cc(CC(C)C)c(-c2ccccc2)c(CC(C)C)c1S(=O)(=O)O. The molecule has 25 heavy (non-hydrogen) atoms. The Morgan fingerprint density at radius 1 is 0.960 bits per heavy atom. The highest BCUT2D eigenvalue weighted by Gasteiger charge is 2.25. The van der Waals surface area contributed by atoms with Crippen LogP contribution < -0.4 is 0 Å². The van der Waals surface area contributed by atoms with E-state index >= 15 is 0 Å². The van der Waals surface area contributed by atoms with E-state index < -0.39 is 10.1 Å². The lowest BCUT2D eigenvalue weighted by molar-refractivity contribution is 0.480. The molecule has 3 nitrogen and oxygen atoms in total. The molecule has 0 bridgehead atoms. The van der Waals surface area contributed by atoms with Gasteiger partial charge in [-0.3, -0.25) is 4.55 Å². The number of hydrogen-bond acceptors (Lipinski definition) is 2. The summed E-state index contributed by atoms with van der Waals surface area (Å²) in [5.41, 5.74) is 4.45. The van der Waals surface area contributed by atoms with Crippen LogP contribution in [0.5, 0.6) is 0 Å². The van der Waals surface area contributed by atoms with E-state index in [9.17, 15) is 13.0 Å². The fourth-order valence-corrected chi connectivity index (χ4v) is 4.43. The third kappa shape index (κ3) is 4.71. The van der Waals surface area contributed by atoms with Gasteiger partial charge in [-0.1, -0.05) is 64.1 Å². The second-order valence-electron chi connectivity index (χ2n) is 7.57. The van der Waals surface area contributed by atoms with E-state index in [0.717, 1.165) is 28.7 Å². The molecular weight excluding hydrogens is 332 g/mol. The fourth-order valence-electron chi connectivity index (χ4n) is 3.47. The van der Waals surface area contributed by atoms with Crippen LogP contribution in [0.15, 0.2) is 41.3 Å². The molecule has 0 aliphatic rings. The van der Waals surface area contributed by atoms with Gasteiger partial charge in [-0.2, -0.15) is 8.42 Å². The first kappa shape index (κ1) is 19.7. The molecule has 0 saturated heterocycles. The van der Waals surface area contributed by atoms with Crippen LogP contribution in [0, 0.1) is 18.8 Å². The fraction of sp³-hybridized carbons (Fsp3) is 0.429. The van der Waals surface area contributed by atoms with Crippen LogP contribution in [0.2, 0.25) is 0 Å². The molecule has 0 fully saturated rings. The van der Waals surface area contributed by atoms with Crippen LogP contribution in [0.4, 0.5) is 0 Å². The summed E-state index contributed by atoms with van der Waals surface area (Å²) >= 11 is 0. The third-order valence-corrected chi connectivity index (χ3v) is 5.29. The first-order valence-electron chi connectivity index (χ1n) is 8.79. The van der Waals surface area contributed by atoms with Crippen molar-refractivity contribution in [3.8, 4) is 11.1 Å². The predicted octanol–water partition coefficient (Wildman–Crippen LogP) is 5.31. The highest BCUT2D eigenvalue weighted by molar-refractivity contribution is 7.86. The van der Waals surface area contributed by atoms with E-state index in [2.05, 4.69) is 27.7 Å². The average molecular weight is 361 g/mol. The average Bonchev–Trinajstić information content (AvgIpc) is 2.45. The van der Waals surface area contributed by atoms with Gasteiger partial charge < -0.3 is 0 Å². The molecule has 0 unspecified atom stereocenters. The molecule has 0 aliphatic heterocycles. The Morgan fingerprint density at radius 2 is 1.52 bits per heavy atom. The van der Waals surface area contributed by atoms with Crippen molar-refractivity contribution in [2.24, 2.45) is 11.8 Å². The molecule has 0 aliphatic carbocycles. The molecular formula is C21H28O3S. The monoisotopic (exact) mass is 360 g/mol. The quantitative estimate of drug-likeness (QED) is 0.711. The van der Waals surface area contributed by atoms with Crippen LogP contribution in [0.3, 0.4) is 0 Å². The second-order valence-corrected chi connectivity index (χ2v) is 8.93. The van der Waals surface area contributed by atoms with Crippen molar-refractivity contribution in [1.82, 2.24) is 0 Å². The van der Waals surface area contributed by atoms with Crippen LogP contribution in [-0.2, 0) is 23.0 Å². The Morgan fingerprint density at radius 3 is 2.00 bits per heavy atom. The molecule has 4 heteroatoms. The van der Waals surface area contributed by atoms with Crippen molar-refractivity contribution in [2.45, 2.75) is 52.4 Å². The first-order valence-corrected chi connectivity index (χ1v) is 10.2. The minimum atomic E-state index is -4.29. The summed E-state index contributed by atoms with van der Waals surface area (Å²) < 4.78 is 34.1. The summed E-state index contributed by atoms with van der Waals surface area (Å²) in [7, 11) is -4.29. The molecule has 136 valence electrons. The van der Waals surface area contributed by atoms with Crippen LogP contribution in [0.25, 0.3) is 11.1 Å². The predicted molar refractivity (Wildman–Crippen MR) is 104 cm³/mol. The summed E-state index contributed by atoms with van der Waals surface area (Å²) in [5, 5.41) is 0. The number of benzene rings is 2. The zero-order valence-electron chi connectivity index (χ0n) is 15.7. The lowest BCUT2D eigenvalue weighted by atomic mass is 9.85. The highest BCUT2D eigenvalue weighted by Crippen LogP contribution is 2.37. The molecule has 0 spiro atoms. The van der Waals surface area contributed by atoms with Crippen molar-refractivity contribution < 1.29 is 13.0 Å². The zero-order chi connectivity index (χ0) is 18.8. The first-order chi connectivity index (χ1) is 11.6. The van der Waals surface area contributed by atoms with Gasteiger partial charge in [0.2, 0.25) is 0 Å². The zero-order valence-corrected chi connectivity index (χ0v) is 16.5. The summed E-state index contributed by atoms with van der Waals surface area (Å²) in [6.07, 6.45) is 1.47. The maximum absolute atomic E-state index is 12.1. The Labute approximate surface area is 151 Å². The third-order valence-electron chi connectivity index (χ3n) is 4.21. The minimum Gasteiger partial charge on any atom is -0.282 e. The molecule has 0 radical (unpaired) electrons. The summed E-state index contributed by atoms with van der Waals surface area (Å²) in [5.74, 6) is 0.724. The van der Waals surface area contributed by atoms with Gasteiger partial charge in [0.15, 0.2) is 0 Å². The number of rotatable bonds is 6. The Balaban J connectivity index is 2.91. The minimum absolute atomic E-state index is 0.0764. The van der Waals surface area contributed by atoms with Crippen molar-refractivity contribution in [3.63, 3.8) is 0 Å².